The van der Waals surface area contributed by atoms with Crippen molar-refractivity contribution in [3.63, 3.8) is 0 Å². The first-order valence-electron chi connectivity index (χ1n) is 5.37. The van der Waals surface area contributed by atoms with Crippen LogP contribution in [0.25, 0.3) is 0 Å². The van der Waals surface area contributed by atoms with Crippen LogP contribution in [0, 0.1) is 0 Å². The molecule has 0 saturated carbocycles. The lowest BCUT2D eigenvalue weighted by molar-refractivity contribution is 0.179. The maximum Gasteiger partial charge on any atom is 0.206 e. The zero-order chi connectivity index (χ0) is 12.5. The third-order valence-corrected chi connectivity index (χ3v) is 2.02. The van der Waals surface area contributed by atoms with Crippen molar-refractivity contribution in [2.45, 2.75) is 19.4 Å². The van der Waals surface area contributed by atoms with Gasteiger partial charge in [0.2, 0.25) is 5.96 Å². The summed E-state index contributed by atoms with van der Waals surface area (Å²) in [6.07, 6.45) is 2.16. The van der Waals surface area contributed by atoms with Crippen molar-refractivity contribution in [2.24, 2.45) is 10.8 Å². The fraction of sp³-hybridized carbons (Fsp3) is 0.667. The second-order valence-corrected chi connectivity index (χ2v) is 3.56. The largest absolute Gasteiger partial charge is 0.383 e. The number of H-pyrrole nitrogens is 1. The molecule has 0 aliphatic rings. The third kappa shape index (κ3) is 5.27. The standard InChI is InChI=1S/C9H19N7O/c1-7(5-17-2)14-9(15-10)11-4-3-8-12-6-13-16-8/h6-7H,3-5,10H2,1-2H3,(H2,11,14,15)(H,12,13,16). The molecule has 17 heavy (non-hydrogen) atoms. The number of aromatic nitrogens is 3. The maximum absolute atomic E-state index is 5.36. The van der Waals surface area contributed by atoms with Gasteiger partial charge in [0.15, 0.2) is 0 Å². The molecule has 8 heteroatoms. The number of rotatable bonds is 6. The number of nitrogens with two attached hydrogens (primary N) is 1. The number of aromatic amines is 1. The van der Waals surface area contributed by atoms with Gasteiger partial charge in [-0.25, -0.2) is 10.8 Å². The van der Waals surface area contributed by atoms with Crippen LogP contribution in [0.4, 0.5) is 0 Å². The summed E-state index contributed by atoms with van der Waals surface area (Å²) in [5.74, 6) is 6.69. The van der Waals surface area contributed by atoms with Gasteiger partial charge in [0.1, 0.15) is 12.2 Å². The fourth-order valence-corrected chi connectivity index (χ4v) is 1.28. The first kappa shape index (κ1) is 13.4. The highest BCUT2D eigenvalue weighted by atomic mass is 16.5. The molecule has 96 valence electrons. The molecule has 1 heterocycles. The van der Waals surface area contributed by atoms with E-state index in [0.29, 0.717) is 25.5 Å². The third-order valence-electron chi connectivity index (χ3n) is 2.02. The molecule has 1 aromatic heterocycles. The Morgan fingerprint density at radius 3 is 3.12 bits per heavy atom. The Kier molecular flexibility index (Phi) is 5.97. The van der Waals surface area contributed by atoms with Gasteiger partial charge in [-0.05, 0) is 6.92 Å². The molecule has 0 aromatic carbocycles. The van der Waals surface area contributed by atoms with E-state index >= 15 is 0 Å². The van der Waals surface area contributed by atoms with Crippen LogP contribution in [-0.4, -0.2) is 47.4 Å². The van der Waals surface area contributed by atoms with Crippen LogP contribution in [0.2, 0.25) is 0 Å². The smallest absolute Gasteiger partial charge is 0.206 e. The molecule has 0 aliphatic heterocycles. The normalized spacial score (nSPS) is 13.5. The minimum atomic E-state index is 0.139. The summed E-state index contributed by atoms with van der Waals surface area (Å²) >= 11 is 0. The van der Waals surface area contributed by atoms with Crippen molar-refractivity contribution >= 4 is 5.96 Å². The number of hydrogen-bond donors (Lipinski definition) is 4. The van der Waals surface area contributed by atoms with Crippen molar-refractivity contribution < 1.29 is 4.74 Å². The topological polar surface area (TPSA) is 113 Å². The van der Waals surface area contributed by atoms with E-state index < -0.39 is 0 Å². The van der Waals surface area contributed by atoms with E-state index in [1.807, 2.05) is 6.92 Å². The molecule has 1 atom stereocenters. The monoisotopic (exact) mass is 241 g/mol. The van der Waals surface area contributed by atoms with Crippen molar-refractivity contribution in [3.8, 4) is 0 Å². The Hall–Kier alpha value is -1.67. The van der Waals surface area contributed by atoms with E-state index in [4.69, 9.17) is 10.6 Å². The predicted octanol–water partition coefficient (Wildman–Crippen LogP) is -1.21. The van der Waals surface area contributed by atoms with E-state index in [1.54, 1.807) is 7.11 Å². The van der Waals surface area contributed by atoms with Gasteiger partial charge in [0.05, 0.1) is 6.61 Å². The van der Waals surface area contributed by atoms with E-state index in [1.165, 1.54) is 6.33 Å². The Morgan fingerprint density at radius 2 is 2.53 bits per heavy atom. The molecule has 0 bridgehead atoms. The molecule has 0 aliphatic carbocycles. The van der Waals surface area contributed by atoms with Gasteiger partial charge in [-0.15, -0.1) is 0 Å². The predicted molar refractivity (Wildman–Crippen MR) is 64.2 cm³/mol. The van der Waals surface area contributed by atoms with E-state index in [9.17, 15) is 0 Å². The van der Waals surface area contributed by atoms with Crippen molar-refractivity contribution in [3.05, 3.63) is 12.2 Å². The number of guanidine groups is 1. The molecule has 0 amide bonds. The maximum atomic E-state index is 5.36. The number of aliphatic imine (C=N–C) groups is 1. The van der Waals surface area contributed by atoms with Crippen LogP contribution in [0.1, 0.15) is 12.7 Å². The van der Waals surface area contributed by atoms with Gasteiger partial charge in [-0.1, -0.05) is 0 Å². The van der Waals surface area contributed by atoms with Gasteiger partial charge in [-0.3, -0.25) is 15.5 Å². The molecular formula is C9H19N7O. The Balaban J connectivity index is 2.33. The summed E-state index contributed by atoms with van der Waals surface area (Å²) in [6.45, 7) is 3.14. The molecule has 0 saturated heterocycles. The van der Waals surface area contributed by atoms with Crippen molar-refractivity contribution in [1.82, 2.24) is 25.9 Å². The Morgan fingerprint density at radius 1 is 1.71 bits per heavy atom. The number of nitrogens with zero attached hydrogens (tertiary/aromatic N) is 3. The summed E-state index contributed by atoms with van der Waals surface area (Å²) in [6, 6.07) is 0.139. The molecule has 0 radical (unpaired) electrons. The summed E-state index contributed by atoms with van der Waals surface area (Å²) in [5.41, 5.74) is 2.51. The second-order valence-electron chi connectivity index (χ2n) is 3.56. The van der Waals surface area contributed by atoms with Gasteiger partial charge in [-0.2, -0.15) is 5.10 Å². The van der Waals surface area contributed by atoms with Gasteiger partial charge in [0, 0.05) is 26.1 Å². The van der Waals surface area contributed by atoms with Crippen molar-refractivity contribution in [2.75, 3.05) is 20.3 Å². The van der Waals surface area contributed by atoms with Gasteiger partial charge in [0.25, 0.3) is 0 Å². The van der Waals surface area contributed by atoms with Crippen LogP contribution in [0.5, 0.6) is 0 Å². The van der Waals surface area contributed by atoms with E-state index in [2.05, 4.69) is 30.9 Å². The van der Waals surface area contributed by atoms with Gasteiger partial charge < -0.3 is 10.1 Å². The average Bonchev–Trinajstić information content (AvgIpc) is 2.81. The molecule has 5 N–H and O–H groups in total. The molecule has 1 aromatic rings. The lowest BCUT2D eigenvalue weighted by Gasteiger charge is -2.15. The highest BCUT2D eigenvalue weighted by Crippen LogP contribution is 1.88. The van der Waals surface area contributed by atoms with E-state index in [-0.39, 0.29) is 6.04 Å². The SMILES string of the molecule is COCC(C)NC(=NCCc1ncn[nH]1)NN. The average molecular weight is 241 g/mol. The van der Waals surface area contributed by atoms with E-state index in [0.717, 1.165) is 5.82 Å². The summed E-state index contributed by atoms with van der Waals surface area (Å²) in [4.78, 5) is 8.27. The zero-order valence-corrected chi connectivity index (χ0v) is 10.1. The lowest BCUT2D eigenvalue weighted by atomic mass is 10.4. The lowest BCUT2D eigenvalue weighted by Crippen LogP contribution is -2.47. The first-order valence-corrected chi connectivity index (χ1v) is 5.37. The fourth-order valence-electron chi connectivity index (χ4n) is 1.28. The van der Waals surface area contributed by atoms with Crippen LogP contribution in [0.3, 0.4) is 0 Å². The minimum Gasteiger partial charge on any atom is -0.383 e. The first-order chi connectivity index (χ1) is 8.26. The molecule has 0 spiro atoms. The highest BCUT2D eigenvalue weighted by molar-refractivity contribution is 5.79. The Labute approximate surface area is 100 Å². The number of methoxy groups -OCH3 is 1. The van der Waals surface area contributed by atoms with Crippen molar-refractivity contribution in [1.29, 1.82) is 0 Å². The molecule has 1 rings (SSSR count). The van der Waals surface area contributed by atoms with Crippen LogP contribution in [-0.2, 0) is 11.2 Å². The molecule has 0 fully saturated rings. The number of hydrogen-bond acceptors (Lipinski definition) is 5. The summed E-state index contributed by atoms with van der Waals surface area (Å²) in [7, 11) is 1.65. The van der Waals surface area contributed by atoms with Crippen LogP contribution < -0.4 is 16.6 Å². The minimum absolute atomic E-state index is 0.139. The zero-order valence-electron chi connectivity index (χ0n) is 10.1. The second kappa shape index (κ2) is 7.58. The number of ether oxygens (including phenoxy) is 1. The highest BCUT2D eigenvalue weighted by Gasteiger charge is 2.03. The summed E-state index contributed by atoms with van der Waals surface area (Å²) < 4.78 is 5.00. The number of nitrogens with one attached hydrogen (secondary N) is 3. The Bertz CT molecular complexity index is 324. The van der Waals surface area contributed by atoms with Crippen LogP contribution in [0.15, 0.2) is 11.3 Å². The van der Waals surface area contributed by atoms with Gasteiger partial charge >= 0.3 is 0 Å². The number of hydrazine groups is 1. The molecule has 8 nitrogen and oxygen atoms in total. The molecular weight excluding hydrogens is 222 g/mol. The quantitative estimate of drug-likeness (QED) is 0.215. The summed E-state index contributed by atoms with van der Waals surface area (Å²) in [5, 5.41) is 9.61. The molecule has 1 unspecified atom stereocenters. The van der Waals surface area contributed by atoms with Crippen LogP contribution >= 0.6 is 0 Å².